The number of nitriles is 2. The van der Waals surface area contributed by atoms with Crippen molar-refractivity contribution >= 4 is 28.0 Å². The van der Waals surface area contributed by atoms with E-state index in [1.165, 1.54) is 36.5 Å². The van der Waals surface area contributed by atoms with Gasteiger partial charge in [-0.25, -0.2) is 13.8 Å². The molecule has 1 saturated carbocycles. The lowest BCUT2D eigenvalue weighted by Crippen LogP contribution is -2.38. The Morgan fingerprint density at radius 2 is 1.77 bits per heavy atom. The van der Waals surface area contributed by atoms with E-state index in [1.54, 1.807) is 12.3 Å². The SMILES string of the molecule is [2H][C@](Nc1cc(C#N)c2ncc(C#N)c(Nc3cnc(F)c(F)c3)c2c1)(C1=CN(C2CC2)NN1)c1ccc(F)cc1. The molecule has 9 nitrogen and oxygen atoms in total. The highest BCUT2D eigenvalue weighted by Gasteiger charge is 2.32. The van der Waals surface area contributed by atoms with Crippen LogP contribution in [-0.4, -0.2) is 21.0 Å². The Morgan fingerprint density at radius 3 is 2.48 bits per heavy atom. The van der Waals surface area contributed by atoms with E-state index in [2.05, 4.69) is 37.6 Å². The monoisotopic (exact) mass is 540 g/mol. The summed E-state index contributed by atoms with van der Waals surface area (Å²) in [6.07, 6.45) is 6.11. The highest BCUT2D eigenvalue weighted by molar-refractivity contribution is 6.00. The summed E-state index contributed by atoms with van der Waals surface area (Å²) in [6, 6.07) is 12.2. The number of pyridine rings is 2. The smallest absolute Gasteiger partial charge is 0.249 e. The highest BCUT2D eigenvalue weighted by Crippen LogP contribution is 2.36. The molecule has 0 spiro atoms. The molecule has 3 heterocycles. The molecule has 1 aliphatic heterocycles. The second-order valence-corrected chi connectivity index (χ2v) is 9.24. The summed E-state index contributed by atoms with van der Waals surface area (Å²) in [5.41, 5.74) is 7.90. The second kappa shape index (κ2) is 10.1. The maximum atomic E-state index is 13.9. The number of rotatable bonds is 7. The zero-order chi connectivity index (χ0) is 28.7. The molecule has 0 unspecified atom stereocenters. The van der Waals surface area contributed by atoms with E-state index in [9.17, 15) is 25.1 Å². The largest absolute Gasteiger partial charge is 0.373 e. The summed E-state index contributed by atoms with van der Waals surface area (Å²) in [6.45, 7) is 0. The predicted octanol–water partition coefficient (Wildman–Crippen LogP) is 5.02. The van der Waals surface area contributed by atoms with Gasteiger partial charge in [0.25, 0.3) is 0 Å². The van der Waals surface area contributed by atoms with Gasteiger partial charge in [0.2, 0.25) is 5.95 Å². The molecule has 6 rings (SSSR count). The van der Waals surface area contributed by atoms with Gasteiger partial charge in [-0.3, -0.25) is 9.99 Å². The number of nitrogens with one attached hydrogen (secondary N) is 4. The molecule has 0 bridgehead atoms. The molecule has 0 radical (unpaired) electrons. The van der Waals surface area contributed by atoms with Crippen LogP contribution in [0, 0.1) is 40.2 Å². The summed E-state index contributed by atoms with van der Waals surface area (Å²) >= 11 is 0. The summed E-state index contributed by atoms with van der Waals surface area (Å²) in [5, 5.41) is 28.0. The topological polar surface area (TPSA) is 125 Å². The van der Waals surface area contributed by atoms with E-state index >= 15 is 0 Å². The van der Waals surface area contributed by atoms with E-state index in [1.807, 2.05) is 11.1 Å². The van der Waals surface area contributed by atoms with Gasteiger partial charge in [-0.2, -0.15) is 14.9 Å². The normalized spacial score (nSPS) is 16.3. The van der Waals surface area contributed by atoms with Crippen LogP contribution in [0.5, 0.6) is 0 Å². The summed E-state index contributed by atoms with van der Waals surface area (Å²) in [5.74, 6) is -2.92. The minimum Gasteiger partial charge on any atom is -0.373 e. The maximum absolute atomic E-state index is 13.9. The van der Waals surface area contributed by atoms with Crippen LogP contribution < -0.4 is 21.6 Å². The number of fused-ring (bicyclic) bond motifs is 1. The van der Waals surface area contributed by atoms with Crippen LogP contribution in [0.1, 0.15) is 36.9 Å². The lowest BCUT2D eigenvalue weighted by Gasteiger charge is -2.22. The Labute approximate surface area is 227 Å². The second-order valence-electron chi connectivity index (χ2n) is 9.24. The average molecular weight is 541 g/mol. The molecular formula is C28H20F3N9. The molecule has 0 amide bonds. The van der Waals surface area contributed by atoms with Gasteiger partial charge in [0.1, 0.15) is 18.0 Å². The molecule has 2 aromatic heterocycles. The summed E-state index contributed by atoms with van der Waals surface area (Å²) in [7, 11) is 0. The Morgan fingerprint density at radius 1 is 1.00 bits per heavy atom. The number of nitrogens with zero attached hydrogens (tertiary/aromatic N) is 5. The van der Waals surface area contributed by atoms with Gasteiger partial charge in [-0.1, -0.05) is 12.1 Å². The van der Waals surface area contributed by atoms with Crippen molar-refractivity contribution in [1.82, 2.24) is 25.9 Å². The van der Waals surface area contributed by atoms with Crippen molar-refractivity contribution in [2.45, 2.75) is 24.9 Å². The lowest BCUT2D eigenvalue weighted by atomic mass is 10.0. The van der Waals surface area contributed by atoms with E-state index in [4.69, 9.17) is 0 Å². The minimum atomic E-state index is -1.68. The quantitative estimate of drug-likeness (QED) is 0.239. The van der Waals surface area contributed by atoms with Crippen LogP contribution in [0.15, 0.2) is 66.8 Å². The first-order valence-electron chi connectivity index (χ1n) is 12.7. The Bertz CT molecular complexity index is 1800. The molecule has 4 N–H and O–H groups in total. The summed E-state index contributed by atoms with van der Waals surface area (Å²) in [4.78, 5) is 7.66. The van der Waals surface area contributed by atoms with Crippen molar-refractivity contribution in [3.63, 3.8) is 0 Å². The van der Waals surface area contributed by atoms with Gasteiger partial charge in [0, 0.05) is 35.6 Å². The molecule has 1 aliphatic carbocycles. The molecule has 4 aromatic rings. The van der Waals surface area contributed by atoms with Crippen molar-refractivity contribution in [1.29, 1.82) is 10.5 Å². The van der Waals surface area contributed by atoms with E-state index < -0.39 is 23.6 Å². The van der Waals surface area contributed by atoms with Gasteiger partial charge in [-0.15, -0.1) is 5.53 Å². The molecule has 2 aliphatic rings. The van der Waals surface area contributed by atoms with Gasteiger partial charge in [-0.05, 0) is 42.7 Å². The average Bonchev–Trinajstić information content (AvgIpc) is 3.70. The van der Waals surface area contributed by atoms with Crippen LogP contribution in [0.3, 0.4) is 0 Å². The Kier molecular flexibility index (Phi) is 6.00. The number of benzene rings is 2. The Balaban J connectivity index is 1.48. The third kappa shape index (κ3) is 4.79. The molecule has 198 valence electrons. The van der Waals surface area contributed by atoms with Crippen molar-refractivity contribution in [2.75, 3.05) is 10.6 Å². The number of aromatic nitrogens is 2. The molecule has 1 atom stereocenters. The minimum absolute atomic E-state index is 0.0671. The summed E-state index contributed by atoms with van der Waals surface area (Å²) < 4.78 is 50.7. The third-order valence-electron chi connectivity index (χ3n) is 6.48. The first-order valence-corrected chi connectivity index (χ1v) is 12.2. The molecule has 40 heavy (non-hydrogen) atoms. The van der Waals surface area contributed by atoms with Crippen molar-refractivity contribution < 1.29 is 14.5 Å². The molecule has 2 aromatic carbocycles. The van der Waals surface area contributed by atoms with Gasteiger partial charge < -0.3 is 16.1 Å². The zero-order valence-electron chi connectivity index (χ0n) is 21.6. The van der Waals surface area contributed by atoms with Crippen LogP contribution in [0.4, 0.5) is 30.2 Å². The van der Waals surface area contributed by atoms with Gasteiger partial charge >= 0.3 is 0 Å². The maximum Gasteiger partial charge on any atom is 0.249 e. The number of hydrazine groups is 2. The van der Waals surface area contributed by atoms with Gasteiger partial charge in [0.05, 0.1) is 47.3 Å². The fraction of sp³-hybridized carbons (Fsp3) is 0.143. The van der Waals surface area contributed by atoms with Gasteiger partial charge in [0.15, 0.2) is 5.82 Å². The first-order chi connectivity index (χ1) is 19.8. The van der Waals surface area contributed by atoms with Crippen molar-refractivity contribution in [3.8, 4) is 12.1 Å². The van der Waals surface area contributed by atoms with Crippen LogP contribution in [-0.2, 0) is 0 Å². The molecule has 0 saturated heterocycles. The van der Waals surface area contributed by atoms with Crippen LogP contribution in [0.25, 0.3) is 10.9 Å². The number of hydrogen-bond acceptors (Lipinski definition) is 9. The lowest BCUT2D eigenvalue weighted by molar-refractivity contribution is 0.260. The molecule has 12 heteroatoms. The van der Waals surface area contributed by atoms with Crippen LogP contribution >= 0.6 is 0 Å². The van der Waals surface area contributed by atoms with Crippen LogP contribution in [0.2, 0.25) is 0 Å². The molecule has 1 fully saturated rings. The van der Waals surface area contributed by atoms with E-state index in [-0.39, 0.29) is 28.0 Å². The first kappa shape index (κ1) is 23.8. The van der Waals surface area contributed by atoms with Crippen molar-refractivity contribution in [2.24, 2.45) is 0 Å². The third-order valence-corrected chi connectivity index (χ3v) is 6.48. The van der Waals surface area contributed by atoms with E-state index in [0.29, 0.717) is 28.4 Å². The standard InChI is InChI=1S/C28H20F3N9/c29-18-3-1-15(2-4-18)27(24-14-40(39-38-24)21-5-6-21)36-19-7-16(10-32)25-22(8-19)26(17(11-33)12-34-25)37-20-9-23(30)28(31)35-13-20/h1-4,7-9,12-14,21,27,36,38-39H,5-6H2,(H,34,37)/t27-/m1/s1/i27D. The fourth-order valence-electron chi connectivity index (χ4n) is 4.37. The van der Waals surface area contributed by atoms with E-state index in [0.717, 1.165) is 25.1 Å². The number of hydrogen-bond donors (Lipinski definition) is 4. The fourth-order valence-corrected chi connectivity index (χ4v) is 4.37. The Hall–Kier alpha value is -5.33. The molecular weight excluding hydrogens is 519 g/mol. The van der Waals surface area contributed by atoms with Crippen molar-refractivity contribution in [3.05, 3.63) is 101 Å². The number of halogens is 3. The predicted molar refractivity (Wildman–Crippen MR) is 141 cm³/mol. The highest BCUT2D eigenvalue weighted by atomic mass is 19.2. The zero-order valence-corrected chi connectivity index (χ0v) is 20.6. The number of anilines is 3.